The van der Waals surface area contributed by atoms with Crippen LogP contribution in [0.3, 0.4) is 0 Å². The van der Waals surface area contributed by atoms with E-state index in [4.69, 9.17) is 11.6 Å². The van der Waals surface area contributed by atoms with Crippen LogP contribution in [0.2, 0.25) is 5.02 Å². The van der Waals surface area contributed by atoms with Crippen LogP contribution in [-0.4, -0.2) is 20.4 Å². The largest absolute Gasteiger partial charge is 0.300 e. The minimum Gasteiger partial charge on any atom is -0.300 e. The molecule has 3 rings (SSSR count). The summed E-state index contributed by atoms with van der Waals surface area (Å²) in [5, 5.41) is 3.67. The fourth-order valence-electron chi connectivity index (χ4n) is 2.07. The molecule has 0 aliphatic rings. The minimum absolute atomic E-state index is 0.114. The Bertz CT molecular complexity index is 964. The van der Waals surface area contributed by atoms with Crippen molar-refractivity contribution >= 4 is 44.2 Å². The van der Waals surface area contributed by atoms with Crippen molar-refractivity contribution in [2.75, 3.05) is 5.32 Å². The molecule has 1 aromatic carbocycles. The van der Waals surface area contributed by atoms with Gasteiger partial charge in [0.2, 0.25) is 5.91 Å². The van der Waals surface area contributed by atoms with Gasteiger partial charge in [-0.05, 0) is 26.0 Å². The fourth-order valence-corrected chi connectivity index (χ4v) is 3.25. The first kappa shape index (κ1) is 15.6. The van der Waals surface area contributed by atoms with Gasteiger partial charge in [0.05, 0.1) is 16.0 Å². The number of rotatable bonds is 3. The number of hydrogen-bond donors (Lipinski definition) is 1. The summed E-state index contributed by atoms with van der Waals surface area (Å²) in [6.07, 6.45) is 1.37. The maximum absolute atomic E-state index is 12.1. The van der Waals surface area contributed by atoms with E-state index in [-0.39, 0.29) is 18.0 Å². The topological polar surface area (TPSA) is 76.9 Å². The van der Waals surface area contributed by atoms with Crippen molar-refractivity contribution in [2.24, 2.45) is 0 Å². The summed E-state index contributed by atoms with van der Waals surface area (Å²) in [6, 6.07) is 5.45. The molecule has 0 saturated carbocycles. The lowest BCUT2D eigenvalue weighted by Gasteiger charge is -2.07. The van der Waals surface area contributed by atoms with E-state index < -0.39 is 0 Å². The molecule has 23 heavy (non-hydrogen) atoms. The molecule has 3 aromatic rings. The second kappa shape index (κ2) is 6.10. The molecule has 0 spiro atoms. The number of para-hydroxylation sites is 1. The second-order valence-corrected chi connectivity index (χ2v) is 6.48. The van der Waals surface area contributed by atoms with Gasteiger partial charge in [-0.3, -0.25) is 14.2 Å². The van der Waals surface area contributed by atoms with Gasteiger partial charge in [0.25, 0.3) is 5.56 Å². The van der Waals surface area contributed by atoms with E-state index in [1.807, 2.05) is 12.1 Å². The standard InChI is InChI=1S/C15H13ClN4O2S/c1-8-9(2)17-7-20(14(8)22)6-12(21)18-15-19-13-10(16)4-3-5-11(13)23-15/h3-5,7H,6H2,1-2H3,(H,18,19,21). The summed E-state index contributed by atoms with van der Waals surface area (Å²) in [6.45, 7) is 3.33. The van der Waals surface area contributed by atoms with Crippen molar-refractivity contribution in [1.82, 2.24) is 14.5 Å². The first-order valence-corrected chi connectivity index (χ1v) is 8.02. The number of nitrogens with zero attached hydrogens (tertiary/aromatic N) is 3. The normalized spacial score (nSPS) is 10.9. The zero-order chi connectivity index (χ0) is 16.6. The Balaban J connectivity index is 1.80. The van der Waals surface area contributed by atoms with Crippen molar-refractivity contribution < 1.29 is 4.79 Å². The molecule has 0 bridgehead atoms. The minimum atomic E-state index is -0.340. The van der Waals surface area contributed by atoms with Crippen molar-refractivity contribution in [3.63, 3.8) is 0 Å². The quantitative estimate of drug-likeness (QED) is 0.789. The number of benzene rings is 1. The fraction of sp³-hybridized carbons (Fsp3) is 0.200. The van der Waals surface area contributed by atoms with Crippen molar-refractivity contribution in [1.29, 1.82) is 0 Å². The molecule has 2 aromatic heterocycles. The number of anilines is 1. The third kappa shape index (κ3) is 3.11. The van der Waals surface area contributed by atoms with Gasteiger partial charge in [0, 0.05) is 11.3 Å². The molecule has 118 valence electrons. The van der Waals surface area contributed by atoms with Gasteiger partial charge in [0.1, 0.15) is 12.1 Å². The van der Waals surface area contributed by atoms with Crippen LogP contribution >= 0.6 is 22.9 Å². The predicted molar refractivity (Wildman–Crippen MR) is 91.2 cm³/mol. The molecule has 0 aliphatic carbocycles. The van der Waals surface area contributed by atoms with E-state index in [1.165, 1.54) is 22.2 Å². The average molecular weight is 349 g/mol. The molecule has 0 unspecified atom stereocenters. The average Bonchev–Trinajstić information content (AvgIpc) is 2.92. The first-order chi connectivity index (χ1) is 11.0. The lowest BCUT2D eigenvalue weighted by atomic mass is 10.3. The number of fused-ring (bicyclic) bond motifs is 1. The van der Waals surface area contributed by atoms with Gasteiger partial charge in [-0.2, -0.15) is 0 Å². The zero-order valence-electron chi connectivity index (χ0n) is 12.5. The van der Waals surface area contributed by atoms with Crippen molar-refractivity contribution in [3.8, 4) is 0 Å². The van der Waals surface area contributed by atoms with Gasteiger partial charge in [-0.25, -0.2) is 9.97 Å². The second-order valence-electron chi connectivity index (χ2n) is 5.04. The number of carbonyl (C=O) groups excluding carboxylic acids is 1. The molecule has 0 saturated heterocycles. The van der Waals surface area contributed by atoms with Gasteiger partial charge in [-0.15, -0.1) is 0 Å². The molecule has 0 aliphatic heterocycles. The Hall–Kier alpha value is -2.25. The summed E-state index contributed by atoms with van der Waals surface area (Å²) in [4.78, 5) is 32.6. The van der Waals surface area contributed by atoms with Gasteiger partial charge in [0.15, 0.2) is 5.13 Å². The molecular weight excluding hydrogens is 336 g/mol. The van der Waals surface area contributed by atoms with Gasteiger partial charge >= 0.3 is 0 Å². The molecule has 0 atom stereocenters. The van der Waals surface area contributed by atoms with Crippen molar-refractivity contribution in [2.45, 2.75) is 20.4 Å². The van der Waals surface area contributed by atoms with Crippen LogP contribution in [0.5, 0.6) is 0 Å². The molecule has 1 amide bonds. The van der Waals surface area contributed by atoms with E-state index in [0.717, 1.165) is 4.70 Å². The highest BCUT2D eigenvalue weighted by Gasteiger charge is 2.12. The Labute approximate surface area is 140 Å². The highest BCUT2D eigenvalue weighted by atomic mass is 35.5. The highest BCUT2D eigenvalue weighted by molar-refractivity contribution is 7.22. The molecular formula is C15H13ClN4O2S. The van der Waals surface area contributed by atoms with E-state index in [2.05, 4.69) is 15.3 Å². The maximum Gasteiger partial charge on any atom is 0.256 e. The Kier molecular flexibility index (Phi) is 4.14. The third-order valence-corrected chi connectivity index (χ3v) is 4.69. The zero-order valence-corrected chi connectivity index (χ0v) is 14.0. The summed E-state index contributed by atoms with van der Waals surface area (Å²) >= 11 is 7.40. The van der Waals surface area contributed by atoms with Crippen LogP contribution in [0.25, 0.3) is 10.2 Å². The summed E-state index contributed by atoms with van der Waals surface area (Å²) < 4.78 is 2.16. The SMILES string of the molecule is Cc1ncn(CC(=O)Nc2nc3c(Cl)cccc3s2)c(=O)c1C. The molecule has 8 heteroatoms. The van der Waals surface area contributed by atoms with E-state index >= 15 is 0 Å². The number of hydrogen-bond acceptors (Lipinski definition) is 5. The third-order valence-electron chi connectivity index (χ3n) is 3.45. The lowest BCUT2D eigenvalue weighted by molar-refractivity contribution is -0.116. The number of nitrogens with one attached hydrogen (secondary N) is 1. The monoisotopic (exact) mass is 348 g/mol. The Morgan fingerprint density at radius 2 is 2.17 bits per heavy atom. The number of amides is 1. The van der Waals surface area contributed by atoms with Gasteiger partial charge < -0.3 is 5.32 Å². The number of carbonyl (C=O) groups is 1. The van der Waals surface area contributed by atoms with Crippen molar-refractivity contribution in [3.05, 3.63) is 51.2 Å². The smallest absolute Gasteiger partial charge is 0.256 e. The van der Waals surface area contributed by atoms with E-state index in [9.17, 15) is 9.59 Å². The summed E-state index contributed by atoms with van der Waals surface area (Å²) in [5.74, 6) is -0.340. The lowest BCUT2D eigenvalue weighted by Crippen LogP contribution is -2.29. The van der Waals surface area contributed by atoms with Crippen LogP contribution in [0.1, 0.15) is 11.3 Å². The van der Waals surface area contributed by atoms with Gasteiger partial charge in [-0.1, -0.05) is 29.0 Å². The van der Waals surface area contributed by atoms with Crippen LogP contribution in [-0.2, 0) is 11.3 Å². The highest BCUT2D eigenvalue weighted by Crippen LogP contribution is 2.30. The number of halogens is 1. The summed E-state index contributed by atoms with van der Waals surface area (Å²) in [7, 11) is 0. The van der Waals surface area contributed by atoms with Crippen LogP contribution in [0.15, 0.2) is 29.3 Å². The van der Waals surface area contributed by atoms with E-state index in [1.54, 1.807) is 19.9 Å². The molecule has 2 heterocycles. The molecule has 0 fully saturated rings. The Morgan fingerprint density at radius 1 is 1.39 bits per heavy atom. The van der Waals surface area contributed by atoms with Crippen LogP contribution in [0, 0.1) is 13.8 Å². The number of thiazole rings is 1. The van der Waals surface area contributed by atoms with E-state index in [0.29, 0.717) is 26.9 Å². The molecule has 6 nitrogen and oxygen atoms in total. The summed E-state index contributed by atoms with van der Waals surface area (Å²) in [5.41, 5.74) is 1.62. The Morgan fingerprint density at radius 3 is 2.91 bits per heavy atom. The number of aromatic nitrogens is 3. The predicted octanol–water partition coefficient (Wildman–Crippen LogP) is 2.76. The molecule has 1 N–H and O–H groups in total. The first-order valence-electron chi connectivity index (χ1n) is 6.83. The van der Waals surface area contributed by atoms with Crippen LogP contribution < -0.4 is 10.9 Å². The molecule has 0 radical (unpaired) electrons. The maximum atomic E-state index is 12.1. The van der Waals surface area contributed by atoms with Crippen LogP contribution in [0.4, 0.5) is 5.13 Å². The number of aryl methyl sites for hydroxylation is 1.